The normalized spacial score (nSPS) is 17.0. The van der Waals surface area contributed by atoms with Crippen molar-refractivity contribution in [3.8, 4) is 0 Å². The van der Waals surface area contributed by atoms with Crippen LogP contribution in [0.1, 0.15) is 45.4 Å². The molecule has 1 aliphatic rings. The van der Waals surface area contributed by atoms with Gasteiger partial charge in [0.1, 0.15) is 5.37 Å². The van der Waals surface area contributed by atoms with E-state index in [-0.39, 0.29) is 23.2 Å². The van der Waals surface area contributed by atoms with Gasteiger partial charge in [-0.3, -0.25) is 9.59 Å². The van der Waals surface area contributed by atoms with E-state index in [9.17, 15) is 9.59 Å². The summed E-state index contributed by atoms with van der Waals surface area (Å²) in [5.41, 5.74) is 3.84. The Bertz CT molecular complexity index is 1010. The van der Waals surface area contributed by atoms with Crippen LogP contribution in [0.5, 0.6) is 0 Å². The number of amides is 2. The van der Waals surface area contributed by atoms with Gasteiger partial charge < -0.3 is 10.2 Å². The van der Waals surface area contributed by atoms with Crippen LogP contribution in [0.3, 0.4) is 0 Å². The van der Waals surface area contributed by atoms with Gasteiger partial charge >= 0.3 is 0 Å². The standard InChI is InChI=1S/C25H24N2O2S/c1-18(20-10-6-3-7-11-20)26-24(29)21-12-14-22(15-13-21)25-27(23(28)17-30-25)16-19-8-4-2-5-9-19/h2-15,18,25H,16-17H2,1H3,(H,26,29)/t18-,25-/m0/s1. The van der Waals surface area contributed by atoms with Crippen molar-refractivity contribution in [3.05, 3.63) is 107 Å². The molecule has 30 heavy (non-hydrogen) atoms. The molecule has 1 fully saturated rings. The van der Waals surface area contributed by atoms with Crippen LogP contribution in [0.4, 0.5) is 0 Å². The Balaban J connectivity index is 1.44. The molecule has 5 heteroatoms. The van der Waals surface area contributed by atoms with Crippen molar-refractivity contribution in [3.63, 3.8) is 0 Å². The largest absolute Gasteiger partial charge is 0.346 e. The fourth-order valence-electron chi connectivity index (χ4n) is 3.59. The minimum absolute atomic E-state index is 0.0296. The summed E-state index contributed by atoms with van der Waals surface area (Å²) in [7, 11) is 0. The summed E-state index contributed by atoms with van der Waals surface area (Å²) in [6, 6.07) is 27.4. The Morgan fingerprint density at radius 2 is 1.63 bits per heavy atom. The second-order valence-corrected chi connectivity index (χ2v) is 8.47. The highest BCUT2D eigenvalue weighted by atomic mass is 32.2. The van der Waals surface area contributed by atoms with E-state index in [1.54, 1.807) is 11.8 Å². The molecular formula is C25H24N2O2S. The first-order valence-electron chi connectivity index (χ1n) is 10.0. The van der Waals surface area contributed by atoms with E-state index in [1.807, 2.05) is 96.8 Å². The number of thioether (sulfide) groups is 1. The zero-order valence-electron chi connectivity index (χ0n) is 16.8. The van der Waals surface area contributed by atoms with Gasteiger partial charge in [0.2, 0.25) is 5.91 Å². The number of nitrogens with one attached hydrogen (secondary N) is 1. The number of hydrogen-bond acceptors (Lipinski definition) is 3. The molecule has 4 nitrogen and oxygen atoms in total. The smallest absolute Gasteiger partial charge is 0.251 e. The Hall–Kier alpha value is -3.05. The van der Waals surface area contributed by atoms with E-state index in [1.165, 1.54) is 0 Å². The fourth-order valence-corrected chi connectivity index (χ4v) is 4.77. The van der Waals surface area contributed by atoms with Crippen molar-refractivity contribution in [1.29, 1.82) is 0 Å². The average Bonchev–Trinajstić information content (AvgIpc) is 3.15. The molecule has 0 aliphatic carbocycles. The lowest BCUT2D eigenvalue weighted by molar-refractivity contribution is -0.128. The maximum Gasteiger partial charge on any atom is 0.251 e. The summed E-state index contributed by atoms with van der Waals surface area (Å²) >= 11 is 1.63. The Morgan fingerprint density at radius 3 is 2.30 bits per heavy atom. The highest BCUT2D eigenvalue weighted by Crippen LogP contribution is 2.39. The van der Waals surface area contributed by atoms with Gasteiger partial charge in [0.05, 0.1) is 11.8 Å². The number of rotatable bonds is 6. The fraction of sp³-hybridized carbons (Fsp3) is 0.200. The molecule has 1 saturated heterocycles. The van der Waals surface area contributed by atoms with Crippen molar-refractivity contribution < 1.29 is 9.59 Å². The first-order valence-corrected chi connectivity index (χ1v) is 11.1. The molecule has 4 rings (SSSR count). The van der Waals surface area contributed by atoms with E-state index in [2.05, 4.69) is 5.32 Å². The van der Waals surface area contributed by atoms with Crippen LogP contribution in [-0.2, 0) is 11.3 Å². The number of carbonyl (C=O) groups excluding carboxylic acids is 2. The van der Waals surface area contributed by atoms with Crippen LogP contribution >= 0.6 is 11.8 Å². The predicted molar refractivity (Wildman–Crippen MR) is 121 cm³/mol. The van der Waals surface area contributed by atoms with Gasteiger partial charge in [-0.1, -0.05) is 72.8 Å². The maximum atomic E-state index is 12.6. The maximum absolute atomic E-state index is 12.6. The van der Waals surface area contributed by atoms with E-state index in [0.29, 0.717) is 17.9 Å². The monoisotopic (exact) mass is 416 g/mol. The summed E-state index contributed by atoms with van der Waals surface area (Å²) < 4.78 is 0. The topological polar surface area (TPSA) is 49.4 Å². The molecule has 2 atom stereocenters. The molecule has 1 N–H and O–H groups in total. The van der Waals surface area contributed by atoms with Gasteiger partial charge in [0, 0.05) is 12.1 Å². The summed E-state index contributed by atoms with van der Waals surface area (Å²) in [6.45, 7) is 2.57. The molecule has 3 aromatic carbocycles. The second-order valence-electron chi connectivity index (χ2n) is 7.40. The van der Waals surface area contributed by atoms with Crippen molar-refractivity contribution >= 4 is 23.6 Å². The number of benzene rings is 3. The van der Waals surface area contributed by atoms with E-state index < -0.39 is 0 Å². The lowest BCUT2D eigenvalue weighted by Crippen LogP contribution is -2.28. The lowest BCUT2D eigenvalue weighted by atomic mass is 10.1. The van der Waals surface area contributed by atoms with Gasteiger partial charge in [0.15, 0.2) is 0 Å². The van der Waals surface area contributed by atoms with Crippen molar-refractivity contribution in [2.24, 2.45) is 0 Å². The number of nitrogens with zero attached hydrogens (tertiary/aromatic N) is 1. The lowest BCUT2D eigenvalue weighted by Gasteiger charge is -2.24. The molecule has 0 aromatic heterocycles. The quantitative estimate of drug-likeness (QED) is 0.618. The molecule has 0 unspecified atom stereocenters. The first kappa shape index (κ1) is 20.2. The molecule has 152 valence electrons. The van der Waals surface area contributed by atoms with Crippen molar-refractivity contribution in [2.45, 2.75) is 24.9 Å². The minimum Gasteiger partial charge on any atom is -0.346 e. The van der Waals surface area contributed by atoms with Crippen molar-refractivity contribution in [2.75, 3.05) is 5.75 Å². The number of carbonyl (C=O) groups is 2. The molecule has 1 heterocycles. The zero-order valence-corrected chi connectivity index (χ0v) is 17.6. The zero-order chi connectivity index (χ0) is 20.9. The van der Waals surface area contributed by atoms with E-state index in [4.69, 9.17) is 0 Å². The highest BCUT2D eigenvalue weighted by molar-refractivity contribution is 8.00. The predicted octanol–water partition coefficient (Wildman–Crippen LogP) is 4.95. The van der Waals surface area contributed by atoms with Crippen molar-refractivity contribution in [1.82, 2.24) is 10.2 Å². The Kier molecular flexibility index (Phi) is 6.19. The van der Waals surface area contributed by atoms with Crippen LogP contribution < -0.4 is 5.32 Å². The van der Waals surface area contributed by atoms with Crippen LogP contribution in [0.15, 0.2) is 84.9 Å². The Labute approximate surface area is 181 Å². The summed E-state index contributed by atoms with van der Waals surface area (Å²) in [6.07, 6.45) is 0. The van der Waals surface area contributed by atoms with Crippen LogP contribution in [0.2, 0.25) is 0 Å². The van der Waals surface area contributed by atoms with Gasteiger partial charge in [-0.25, -0.2) is 0 Å². The SMILES string of the molecule is C[C@H](NC(=O)c1ccc([C@@H]2SCC(=O)N2Cc2ccccc2)cc1)c1ccccc1. The second kappa shape index (κ2) is 9.18. The molecule has 1 aliphatic heterocycles. The molecule has 0 radical (unpaired) electrons. The first-order chi connectivity index (χ1) is 14.6. The van der Waals surface area contributed by atoms with Crippen LogP contribution in [-0.4, -0.2) is 22.5 Å². The number of hydrogen-bond donors (Lipinski definition) is 1. The third-order valence-electron chi connectivity index (χ3n) is 5.27. The third kappa shape index (κ3) is 4.57. The van der Waals surface area contributed by atoms with E-state index >= 15 is 0 Å². The minimum atomic E-state index is -0.103. The average molecular weight is 417 g/mol. The highest BCUT2D eigenvalue weighted by Gasteiger charge is 2.32. The van der Waals surface area contributed by atoms with Gasteiger partial charge in [-0.15, -0.1) is 11.8 Å². The summed E-state index contributed by atoms with van der Waals surface area (Å²) in [4.78, 5) is 27.0. The molecule has 3 aromatic rings. The molecule has 0 saturated carbocycles. The third-order valence-corrected chi connectivity index (χ3v) is 6.53. The van der Waals surface area contributed by atoms with Crippen LogP contribution in [0, 0.1) is 0 Å². The summed E-state index contributed by atoms with van der Waals surface area (Å²) in [5, 5.41) is 3.01. The van der Waals surface area contributed by atoms with Crippen LogP contribution in [0.25, 0.3) is 0 Å². The van der Waals surface area contributed by atoms with Gasteiger partial charge in [-0.2, -0.15) is 0 Å². The van der Waals surface area contributed by atoms with Gasteiger partial charge in [-0.05, 0) is 35.7 Å². The summed E-state index contributed by atoms with van der Waals surface area (Å²) in [5.74, 6) is 0.524. The Morgan fingerprint density at radius 1 is 1.00 bits per heavy atom. The molecular weight excluding hydrogens is 392 g/mol. The van der Waals surface area contributed by atoms with E-state index in [0.717, 1.165) is 16.7 Å². The molecule has 0 bridgehead atoms. The van der Waals surface area contributed by atoms with Gasteiger partial charge in [0.25, 0.3) is 5.91 Å². The molecule has 0 spiro atoms. The molecule has 2 amide bonds.